The second kappa shape index (κ2) is 6.08. The van der Waals surface area contributed by atoms with Gasteiger partial charge in [0.1, 0.15) is 5.82 Å². The normalized spacial score (nSPS) is 24.6. The molecule has 3 nitrogen and oxygen atoms in total. The van der Waals surface area contributed by atoms with Crippen molar-refractivity contribution in [3.8, 4) is 0 Å². The molecule has 0 spiro atoms. The van der Waals surface area contributed by atoms with Crippen LogP contribution in [0.5, 0.6) is 0 Å². The highest BCUT2D eigenvalue weighted by molar-refractivity contribution is 5.05. The highest BCUT2D eigenvalue weighted by Crippen LogP contribution is 2.36. The zero-order valence-electron chi connectivity index (χ0n) is 12.9. The Labute approximate surface area is 117 Å². The van der Waals surface area contributed by atoms with Crippen molar-refractivity contribution < 1.29 is 0 Å². The fraction of sp³-hybridized carbons (Fsp3) is 0.812. The maximum absolute atomic E-state index is 4.64. The van der Waals surface area contributed by atoms with Crippen molar-refractivity contribution in [2.45, 2.75) is 71.4 Å². The van der Waals surface area contributed by atoms with E-state index in [1.165, 1.54) is 31.5 Å². The summed E-state index contributed by atoms with van der Waals surface area (Å²) in [7, 11) is 0. The van der Waals surface area contributed by atoms with Crippen molar-refractivity contribution >= 4 is 0 Å². The number of hydrogen-bond acceptors (Lipinski definition) is 2. The van der Waals surface area contributed by atoms with Crippen LogP contribution in [0.4, 0.5) is 0 Å². The van der Waals surface area contributed by atoms with E-state index >= 15 is 0 Å². The Morgan fingerprint density at radius 3 is 2.74 bits per heavy atom. The summed E-state index contributed by atoms with van der Waals surface area (Å²) in [6.45, 7) is 11.1. The van der Waals surface area contributed by atoms with Crippen LogP contribution in [-0.2, 0) is 6.54 Å². The first-order chi connectivity index (χ1) is 9.01. The van der Waals surface area contributed by atoms with Gasteiger partial charge < -0.3 is 9.88 Å². The number of hydrogen-bond donors (Lipinski definition) is 1. The fourth-order valence-corrected chi connectivity index (χ4v) is 3.15. The van der Waals surface area contributed by atoms with Gasteiger partial charge >= 0.3 is 0 Å². The highest BCUT2D eigenvalue weighted by Gasteiger charge is 2.30. The van der Waals surface area contributed by atoms with Gasteiger partial charge in [0.05, 0.1) is 0 Å². The lowest BCUT2D eigenvalue weighted by Crippen LogP contribution is -2.41. The van der Waals surface area contributed by atoms with E-state index < -0.39 is 0 Å². The quantitative estimate of drug-likeness (QED) is 0.900. The Balaban J connectivity index is 2.07. The van der Waals surface area contributed by atoms with E-state index in [1.54, 1.807) is 0 Å². The lowest BCUT2D eigenvalue weighted by Gasteiger charge is -2.34. The maximum Gasteiger partial charge on any atom is 0.112 e. The molecule has 0 amide bonds. The summed E-state index contributed by atoms with van der Waals surface area (Å²) in [5.41, 5.74) is 0.210. The largest absolute Gasteiger partial charge is 0.335 e. The van der Waals surface area contributed by atoms with E-state index in [0.717, 1.165) is 19.0 Å². The van der Waals surface area contributed by atoms with Crippen LogP contribution in [0.15, 0.2) is 12.4 Å². The average Bonchev–Trinajstić information content (AvgIpc) is 2.84. The van der Waals surface area contributed by atoms with Gasteiger partial charge in [-0.05, 0) is 53.0 Å². The molecular weight excluding hydrogens is 234 g/mol. The van der Waals surface area contributed by atoms with E-state index in [2.05, 4.69) is 48.8 Å². The van der Waals surface area contributed by atoms with Crippen molar-refractivity contribution in [1.82, 2.24) is 14.9 Å². The summed E-state index contributed by atoms with van der Waals surface area (Å²) < 4.78 is 2.32. The van der Waals surface area contributed by atoms with E-state index in [4.69, 9.17) is 0 Å². The Hall–Kier alpha value is -0.830. The topological polar surface area (TPSA) is 29.9 Å². The smallest absolute Gasteiger partial charge is 0.112 e. The Kier molecular flexibility index (Phi) is 4.67. The third-order valence-corrected chi connectivity index (χ3v) is 4.22. The molecule has 1 heterocycles. The van der Waals surface area contributed by atoms with E-state index in [1.807, 2.05) is 6.20 Å². The van der Waals surface area contributed by atoms with E-state index in [9.17, 15) is 0 Å². The molecule has 108 valence electrons. The number of nitrogens with one attached hydrogen (secondary N) is 1. The number of imidazole rings is 1. The van der Waals surface area contributed by atoms with Gasteiger partial charge in [0.25, 0.3) is 0 Å². The van der Waals surface area contributed by atoms with E-state index in [0.29, 0.717) is 5.92 Å². The lowest BCUT2D eigenvalue weighted by molar-refractivity contribution is 0.259. The van der Waals surface area contributed by atoms with Crippen LogP contribution < -0.4 is 5.32 Å². The molecule has 0 saturated heterocycles. The predicted octanol–water partition coefficient (Wildman–Crippen LogP) is 3.56. The van der Waals surface area contributed by atoms with Gasteiger partial charge in [-0.3, -0.25) is 0 Å². The zero-order valence-corrected chi connectivity index (χ0v) is 12.9. The maximum atomic E-state index is 4.64. The summed E-state index contributed by atoms with van der Waals surface area (Å²) in [6, 6.07) is 0. The van der Waals surface area contributed by atoms with E-state index in [-0.39, 0.29) is 5.54 Å². The van der Waals surface area contributed by atoms with Gasteiger partial charge in [-0.2, -0.15) is 0 Å². The summed E-state index contributed by atoms with van der Waals surface area (Å²) in [5.74, 6) is 2.68. The minimum atomic E-state index is 0.210. The van der Waals surface area contributed by atoms with Crippen molar-refractivity contribution in [2.75, 3.05) is 6.54 Å². The predicted molar refractivity (Wildman–Crippen MR) is 80.4 cm³/mol. The molecule has 2 rings (SSSR count). The van der Waals surface area contributed by atoms with Gasteiger partial charge in [-0.25, -0.2) is 4.98 Å². The monoisotopic (exact) mass is 263 g/mol. The number of aromatic nitrogens is 2. The number of aryl methyl sites for hydroxylation is 1. The molecule has 0 aromatic carbocycles. The molecule has 19 heavy (non-hydrogen) atoms. The first-order valence-electron chi connectivity index (χ1n) is 7.77. The second-order valence-corrected chi connectivity index (χ2v) is 6.85. The Morgan fingerprint density at radius 2 is 2.05 bits per heavy atom. The van der Waals surface area contributed by atoms with Crippen LogP contribution in [0, 0.1) is 5.92 Å². The van der Waals surface area contributed by atoms with Crippen LogP contribution in [0.1, 0.15) is 65.1 Å². The number of rotatable bonds is 4. The molecule has 3 heteroatoms. The Morgan fingerprint density at radius 1 is 1.32 bits per heavy atom. The molecule has 1 aliphatic carbocycles. The molecule has 1 N–H and O–H groups in total. The molecule has 1 saturated carbocycles. The molecule has 2 unspecified atom stereocenters. The molecule has 0 bridgehead atoms. The van der Waals surface area contributed by atoms with Crippen LogP contribution >= 0.6 is 0 Å². The molecule has 1 aromatic heterocycles. The van der Waals surface area contributed by atoms with Crippen molar-refractivity contribution in [3.05, 3.63) is 18.2 Å². The molecule has 1 aromatic rings. The molecule has 0 aliphatic heterocycles. The van der Waals surface area contributed by atoms with Crippen molar-refractivity contribution in [3.63, 3.8) is 0 Å². The minimum Gasteiger partial charge on any atom is -0.335 e. The molecule has 0 radical (unpaired) electrons. The first kappa shape index (κ1) is 14.6. The number of nitrogens with zero attached hydrogens (tertiary/aromatic N) is 2. The van der Waals surface area contributed by atoms with Crippen LogP contribution in [0.25, 0.3) is 0 Å². The second-order valence-electron chi connectivity index (χ2n) is 6.85. The van der Waals surface area contributed by atoms with Crippen LogP contribution in [0.3, 0.4) is 0 Å². The average molecular weight is 263 g/mol. The third kappa shape index (κ3) is 3.82. The van der Waals surface area contributed by atoms with Gasteiger partial charge in [0.2, 0.25) is 0 Å². The summed E-state index contributed by atoms with van der Waals surface area (Å²) in [5, 5.41) is 3.68. The van der Waals surface area contributed by atoms with Gasteiger partial charge in [-0.15, -0.1) is 0 Å². The third-order valence-electron chi connectivity index (χ3n) is 4.22. The zero-order chi connectivity index (χ0) is 13.9. The molecule has 1 aliphatic rings. The molecule has 2 atom stereocenters. The lowest BCUT2D eigenvalue weighted by atomic mass is 9.78. The molecule has 1 fully saturated rings. The van der Waals surface area contributed by atoms with Gasteiger partial charge in [-0.1, -0.05) is 12.8 Å². The van der Waals surface area contributed by atoms with Crippen LogP contribution in [-0.4, -0.2) is 21.6 Å². The van der Waals surface area contributed by atoms with Gasteiger partial charge in [0.15, 0.2) is 0 Å². The first-order valence-corrected chi connectivity index (χ1v) is 7.77. The standard InChI is InChI=1S/C16H29N3/c1-5-19-11-10-17-15(19)14-9-7-6-8-13(14)12-18-16(2,3)4/h10-11,13-14,18H,5-9,12H2,1-4H3. The van der Waals surface area contributed by atoms with Crippen LogP contribution in [0.2, 0.25) is 0 Å². The van der Waals surface area contributed by atoms with Crippen molar-refractivity contribution in [1.29, 1.82) is 0 Å². The SMILES string of the molecule is CCn1ccnc1C1CCCCC1CNC(C)(C)C. The molecular formula is C16H29N3. The summed E-state index contributed by atoms with van der Waals surface area (Å²) in [4.78, 5) is 4.64. The van der Waals surface area contributed by atoms with Gasteiger partial charge in [0, 0.05) is 30.4 Å². The fourth-order valence-electron chi connectivity index (χ4n) is 3.15. The van der Waals surface area contributed by atoms with Crippen molar-refractivity contribution in [2.24, 2.45) is 5.92 Å². The highest BCUT2D eigenvalue weighted by atomic mass is 15.1. The minimum absolute atomic E-state index is 0.210. The summed E-state index contributed by atoms with van der Waals surface area (Å²) in [6.07, 6.45) is 9.45. The summed E-state index contributed by atoms with van der Waals surface area (Å²) >= 11 is 0. The Bertz CT molecular complexity index is 389.